The minimum atomic E-state index is 0. The third kappa shape index (κ3) is 5.96. The van der Waals surface area contributed by atoms with Crippen molar-refractivity contribution >= 4 is 29.9 Å². The van der Waals surface area contributed by atoms with Crippen molar-refractivity contribution in [3.63, 3.8) is 0 Å². The van der Waals surface area contributed by atoms with Gasteiger partial charge in [0.2, 0.25) is 0 Å². The van der Waals surface area contributed by atoms with Gasteiger partial charge in [-0.15, -0.1) is 24.0 Å². The van der Waals surface area contributed by atoms with Crippen LogP contribution in [0, 0.1) is 5.41 Å². The molecule has 0 amide bonds. The van der Waals surface area contributed by atoms with Gasteiger partial charge in [0.15, 0.2) is 5.96 Å². The lowest BCUT2D eigenvalue weighted by atomic mass is 9.73. The van der Waals surface area contributed by atoms with Gasteiger partial charge in [0.05, 0.1) is 6.61 Å². The van der Waals surface area contributed by atoms with E-state index >= 15 is 0 Å². The normalized spacial score (nSPS) is 23.2. The zero-order valence-electron chi connectivity index (χ0n) is 16.1. The smallest absolute Gasteiger partial charge is 0.193 e. The first-order valence-electron chi connectivity index (χ1n) is 9.95. The second kappa shape index (κ2) is 10.3. The van der Waals surface area contributed by atoms with Crippen LogP contribution in [0.25, 0.3) is 0 Å². The van der Waals surface area contributed by atoms with E-state index in [1.165, 1.54) is 64.5 Å². The van der Waals surface area contributed by atoms with Gasteiger partial charge in [-0.2, -0.15) is 0 Å². The molecular weight excluding hydrogens is 427 g/mol. The predicted octanol–water partition coefficient (Wildman–Crippen LogP) is 2.95. The molecule has 6 heteroatoms. The summed E-state index contributed by atoms with van der Waals surface area (Å²) in [5.74, 6) is 1.11. The number of methoxy groups -OCH3 is 1. The van der Waals surface area contributed by atoms with Crippen molar-refractivity contribution < 1.29 is 4.74 Å². The Morgan fingerprint density at radius 3 is 2.60 bits per heavy atom. The van der Waals surface area contributed by atoms with Gasteiger partial charge >= 0.3 is 0 Å². The molecule has 0 atom stereocenters. The van der Waals surface area contributed by atoms with E-state index in [1.54, 1.807) is 7.11 Å². The highest BCUT2D eigenvalue weighted by Crippen LogP contribution is 2.43. The molecule has 0 aromatic rings. The lowest BCUT2D eigenvalue weighted by molar-refractivity contribution is 0.144. The van der Waals surface area contributed by atoms with Gasteiger partial charge in [0.25, 0.3) is 0 Å². The first-order valence-corrected chi connectivity index (χ1v) is 9.95. The second-order valence-corrected chi connectivity index (χ2v) is 7.97. The van der Waals surface area contributed by atoms with Crippen molar-refractivity contribution in [2.45, 2.75) is 57.4 Å². The number of hydrogen-bond acceptors (Lipinski definition) is 3. The van der Waals surface area contributed by atoms with E-state index in [2.05, 4.69) is 20.1 Å². The zero-order valence-corrected chi connectivity index (χ0v) is 18.5. The molecule has 2 saturated carbocycles. The lowest BCUT2D eigenvalue weighted by Crippen LogP contribution is -2.45. The number of guanidine groups is 1. The Balaban J connectivity index is 0.00000225. The molecular formula is C19H37IN4O. The summed E-state index contributed by atoms with van der Waals surface area (Å²) in [6, 6.07) is 0.793. The highest BCUT2D eigenvalue weighted by molar-refractivity contribution is 14.0. The Bertz CT molecular complexity index is 422. The molecule has 0 aromatic carbocycles. The molecule has 1 saturated heterocycles. The Morgan fingerprint density at radius 2 is 1.96 bits per heavy atom. The van der Waals surface area contributed by atoms with Gasteiger partial charge in [-0.1, -0.05) is 19.3 Å². The van der Waals surface area contributed by atoms with Gasteiger partial charge in [-0.3, -0.25) is 9.89 Å². The van der Waals surface area contributed by atoms with Gasteiger partial charge in [0.1, 0.15) is 0 Å². The molecule has 1 spiro atoms. The van der Waals surface area contributed by atoms with Crippen LogP contribution in [-0.2, 0) is 4.74 Å². The standard InChI is InChI=1S/C19H36N4O.HI/c1-20-18(21-11-13-22(14-15-24-2)17-6-7-17)23-12-10-19(16-23)8-4-3-5-9-19;/h17H,3-16H2,1-2H3,(H,20,21);1H. The quantitative estimate of drug-likeness (QED) is 0.358. The molecule has 0 bridgehead atoms. The largest absolute Gasteiger partial charge is 0.383 e. The summed E-state index contributed by atoms with van der Waals surface area (Å²) in [5.41, 5.74) is 0.592. The van der Waals surface area contributed by atoms with E-state index < -0.39 is 0 Å². The summed E-state index contributed by atoms with van der Waals surface area (Å²) in [7, 11) is 3.72. The Morgan fingerprint density at radius 1 is 1.20 bits per heavy atom. The Labute approximate surface area is 171 Å². The number of nitrogens with one attached hydrogen (secondary N) is 1. The third-order valence-corrected chi connectivity index (χ3v) is 6.19. The number of ether oxygens (including phenoxy) is 1. The summed E-state index contributed by atoms with van der Waals surface area (Å²) >= 11 is 0. The van der Waals surface area contributed by atoms with Gasteiger partial charge in [0, 0.05) is 52.9 Å². The first kappa shape index (κ1) is 21.2. The number of likely N-dealkylation sites (tertiary alicyclic amines) is 1. The molecule has 3 fully saturated rings. The maximum Gasteiger partial charge on any atom is 0.193 e. The van der Waals surface area contributed by atoms with Crippen molar-refractivity contribution in [1.82, 2.24) is 15.1 Å². The number of nitrogens with zero attached hydrogens (tertiary/aromatic N) is 3. The summed E-state index contributed by atoms with van der Waals surface area (Å²) < 4.78 is 5.25. The van der Waals surface area contributed by atoms with Gasteiger partial charge in [-0.05, 0) is 37.5 Å². The molecule has 3 rings (SSSR count). The van der Waals surface area contributed by atoms with Crippen LogP contribution in [0.3, 0.4) is 0 Å². The van der Waals surface area contributed by atoms with Crippen molar-refractivity contribution in [3.05, 3.63) is 0 Å². The fourth-order valence-electron chi connectivity index (χ4n) is 4.59. The predicted molar refractivity (Wildman–Crippen MR) is 115 cm³/mol. The summed E-state index contributed by atoms with van der Waals surface area (Å²) in [4.78, 5) is 9.62. The van der Waals surface area contributed by atoms with E-state index in [-0.39, 0.29) is 24.0 Å². The van der Waals surface area contributed by atoms with Crippen LogP contribution in [0.15, 0.2) is 4.99 Å². The molecule has 1 aliphatic heterocycles. The van der Waals surface area contributed by atoms with E-state index in [1.807, 2.05) is 7.05 Å². The number of rotatable bonds is 7. The molecule has 1 heterocycles. The topological polar surface area (TPSA) is 40.1 Å². The van der Waals surface area contributed by atoms with Gasteiger partial charge in [-0.25, -0.2) is 0 Å². The summed E-state index contributed by atoms with van der Waals surface area (Å²) in [5, 5.41) is 3.62. The average molecular weight is 464 g/mol. The van der Waals surface area contributed by atoms with Crippen molar-refractivity contribution in [2.24, 2.45) is 10.4 Å². The molecule has 5 nitrogen and oxygen atoms in total. The zero-order chi connectivity index (χ0) is 16.8. The van der Waals surface area contributed by atoms with Crippen LogP contribution in [-0.4, -0.2) is 75.3 Å². The molecule has 0 radical (unpaired) electrons. The van der Waals surface area contributed by atoms with Crippen molar-refractivity contribution in [2.75, 3.05) is 53.5 Å². The van der Waals surface area contributed by atoms with Crippen molar-refractivity contribution in [3.8, 4) is 0 Å². The van der Waals surface area contributed by atoms with E-state index in [9.17, 15) is 0 Å². The Hall–Kier alpha value is -0.0800. The fraction of sp³-hybridized carbons (Fsp3) is 0.947. The third-order valence-electron chi connectivity index (χ3n) is 6.19. The molecule has 25 heavy (non-hydrogen) atoms. The SMILES string of the molecule is CN=C(NCCN(CCOC)C1CC1)N1CCC2(CCCCC2)C1.I. The van der Waals surface area contributed by atoms with Gasteiger partial charge < -0.3 is 15.0 Å². The number of hydrogen-bond donors (Lipinski definition) is 1. The summed E-state index contributed by atoms with van der Waals surface area (Å²) in [6.07, 6.45) is 11.2. The summed E-state index contributed by atoms with van der Waals surface area (Å²) in [6.45, 7) is 6.34. The molecule has 146 valence electrons. The van der Waals surface area contributed by atoms with E-state index in [0.29, 0.717) is 5.41 Å². The highest BCUT2D eigenvalue weighted by Gasteiger charge is 2.39. The fourth-order valence-corrected chi connectivity index (χ4v) is 4.59. The molecule has 1 N–H and O–H groups in total. The molecule has 2 aliphatic carbocycles. The maximum absolute atomic E-state index is 5.25. The van der Waals surface area contributed by atoms with Crippen LogP contribution < -0.4 is 5.32 Å². The van der Waals surface area contributed by atoms with E-state index in [4.69, 9.17) is 4.74 Å². The second-order valence-electron chi connectivity index (χ2n) is 7.97. The van der Waals surface area contributed by atoms with Crippen LogP contribution in [0.4, 0.5) is 0 Å². The molecule has 3 aliphatic rings. The van der Waals surface area contributed by atoms with Crippen LogP contribution >= 0.6 is 24.0 Å². The maximum atomic E-state index is 5.25. The molecule has 0 aromatic heterocycles. The Kier molecular flexibility index (Phi) is 8.75. The van der Waals surface area contributed by atoms with E-state index in [0.717, 1.165) is 38.2 Å². The number of aliphatic imine (C=N–C) groups is 1. The lowest BCUT2D eigenvalue weighted by Gasteiger charge is -2.33. The highest BCUT2D eigenvalue weighted by atomic mass is 127. The minimum absolute atomic E-state index is 0. The monoisotopic (exact) mass is 464 g/mol. The first-order chi connectivity index (χ1) is 11.8. The van der Waals surface area contributed by atoms with Crippen LogP contribution in [0.2, 0.25) is 0 Å². The van der Waals surface area contributed by atoms with Crippen LogP contribution in [0.1, 0.15) is 51.4 Å². The van der Waals surface area contributed by atoms with Crippen molar-refractivity contribution in [1.29, 1.82) is 0 Å². The molecule has 0 unspecified atom stereocenters. The minimum Gasteiger partial charge on any atom is -0.383 e. The number of halogens is 1. The average Bonchev–Trinajstić information content (AvgIpc) is 3.38. The van der Waals surface area contributed by atoms with Crippen LogP contribution in [0.5, 0.6) is 0 Å².